The molecule has 4 nitrogen and oxygen atoms in total. The maximum Gasteiger partial charge on any atom is 0.316 e. The molecule has 0 atom stereocenters. The number of aromatic amines is 1. The zero-order valence-corrected chi connectivity index (χ0v) is 11.9. The fourth-order valence-corrected chi connectivity index (χ4v) is 2.63. The van der Waals surface area contributed by atoms with Gasteiger partial charge in [0.2, 0.25) is 0 Å². The molecule has 1 aromatic heterocycles. The average molecular weight is 296 g/mol. The highest BCUT2D eigenvalue weighted by atomic mass is 19.1. The first-order chi connectivity index (χ1) is 10.6. The normalized spacial score (nSPS) is 10.8. The largest absolute Gasteiger partial charge is 0.358 e. The number of aromatic nitrogens is 1. The van der Waals surface area contributed by atoms with E-state index in [1.54, 1.807) is 0 Å². The van der Waals surface area contributed by atoms with Gasteiger partial charge < -0.3 is 4.98 Å². The van der Waals surface area contributed by atoms with Crippen molar-refractivity contribution in [2.45, 2.75) is 13.3 Å². The number of hydrogen-bond acceptors (Lipinski definition) is 2. The minimum atomic E-state index is -0.964. The number of hydrogen-bond donors (Lipinski definition) is 1. The Kier molecular flexibility index (Phi) is 3.55. The summed E-state index contributed by atoms with van der Waals surface area (Å²) in [6, 6.07) is 11.8. The van der Waals surface area contributed by atoms with Gasteiger partial charge in [-0.1, -0.05) is 24.3 Å². The number of aryl methyl sites for hydroxylation is 1. The number of carbonyl (C=O) groups is 1. The Morgan fingerprint density at radius 1 is 1.23 bits per heavy atom. The number of para-hydroxylation sites is 1. The lowest BCUT2D eigenvalue weighted by molar-refractivity contribution is 0.100. The molecule has 5 heteroatoms. The van der Waals surface area contributed by atoms with Gasteiger partial charge in [-0.05, 0) is 36.2 Å². The van der Waals surface area contributed by atoms with Crippen molar-refractivity contribution >= 4 is 16.8 Å². The molecule has 0 unspecified atom stereocenters. The Hall–Kier alpha value is -2.82. The summed E-state index contributed by atoms with van der Waals surface area (Å²) in [4.78, 5) is 24.7. The number of benzene rings is 2. The highest BCUT2D eigenvalue weighted by Gasteiger charge is 2.13. The maximum absolute atomic E-state index is 14.2. The number of amides is 1. The van der Waals surface area contributed by atoms with Crippen LogP contribution < -0.4 is 0 Å². The first-order valence-electron chi connectivity index (χ1n) is 6.82. The second kappa shape index (κ2) is 5.52. The van der Waals surface area contributed by atoms with Crippen LogP contribution in [0.3, 0.4) is 0 Å². The molecule has 0 aliphatic heterocycles. The molecule has 0 fully saturated rings. The Morgan fingerprint density at radius 3 is 2.73 bits per heavy atom. The molecule has 3 aromatic rings. The number of fused-ring (bicyclic) bond motifs is 1. The molecule has 1 heterocycles. The van der Waals surface area contributed by atoms with Crippen LogP contribution in [0.1, 0.15) is 27.2 Å². The molecule has 0 aliphatic rings. The van der Waals surface area contributed by atoms with Crippen LogP contribution in [-0.4, -0.2) is 10.9 Å². The Labute approximate surface area is 125 Å². The Balaban J connectivity index is 2.00. The monoisotopic (exact) mass is 296 g/mol. The molecule has 1 N–H and O–H groups in total. The minimum absolute atomic E-state index is 0.0353. The van der Waals surface area contributed by atoms with Gasteiger partial charge in [0.05, 0.1) is 0 Å². The van der Waals surface area contributed by atoms with Crippen molar-refractivity contribution in [2.24, 2.45) is 5.18 Å². The molecule has 3 rings (SSSR count). The number of carbonyl (C=O) groups excluding carboxylic acids is 1. The number of nitrogens with one attached hydrogen (secondary N) is 1. The lowest BCUT2D eigenvalue weighted by atomic mass is 10.0. The van der Waals surface area contributed by atoms with Crippen LogP contribution in [0.5, 0.6) is 0 Å². The molecule has 22 heavy (non-hydrogen) atoms. The standard InChI is InChI=1S/C17H13FN2O2/c1-10-14(13-4-2-3-5-16(13)19-10)8-11-6-7-12(9-15(11)18)17(21)20-22/h2-7,9,19H,8H2,1H3. The van der Waals surface area contributed by atoms with Crippen LogP contribution in [0.4, 0.5) is 4.39 Å². The van der Waals surface area contributed by atoms with E-state index in [0.29, 0.717) is 12.0 Å². The number of H-pyrrole nitrogens is 1. The second-order valence-electron chi connectivity index (χ2n) is 5.15. The van der Waals surface area contributed by atoms with E-state index in [2.05, 4.69) is 10.2 Å². The van der Waals surface area contributed by atoms with Crippen molar-refractivity contribution in [3.63, 3.8) is 0 Å². The summed E-state index contributed by atoms with van der Waals surface area (Å²) in [6.45, 7) is 1.95. The van der Waals surface area contributed by atoms with Crippen LogP contribution in [-0.2, 0) is 6.42 Å². The molecule has 0 spiro atoms. The molecule has 0 saturated carbocycles. The van der Waals surface area contributed by atoms with Crippen molar-refractivity contribution < 1.29 is 9.18 Å². The Bertz CT molecular complexity index is 883. The zero-order valence-electron chi connectivity index (χ0n) is 11.9. The van der Waals surface area contributed by atoms with Crippen molar-refractivity contribution in [3.8, 4) is 0 Å². The third kappa shape index (κ3) is 2.41. The van der Waals surface area contributed by atoms with E-state index < -0.39 is 11.7 Å². The Morgan fingerprint density at radius 2 is 2.00 bits per heavy atom. The summed E-state index contributed by atoms with van der Waals surface area (Å²) in [6.07, 6.45) is 0.407. The summed E-state index contributed by atoms with van der Waals surface area (Å²) in [5.74, 6) is -1.48. The molecule has 0 bridgehead atoms. The molecule has 1 amide bonds. The van der Waals surface area contributed by atoms with Gasteiger partial charge in [0.1, 0.15) is 5.82 Å². The fourth-order valence-electron chi connectivity index (χ4n) is 2.63. The first kappa shape index (κ1) is 14.1. The second-order valence-corrected chi connectivity index (χ2v) is 5.15. The van der Waals surface area contributed by atoms with Crippen LogP contribution in [0.25, 0.3) is 10.9 Å². The van der Waals surface area contributed by atoms with Crippen molar-refractivity contribution in [1.82, 2.24) is 4.98 Å². The summed E-state index contributed by atoms with van der Waals surface area (Å²) in [5.41, 5.74) is 3.44. The SMILES string of the molecule is Cc1[nH]c2ccccc2c1Cc1ccc(C(=O)N=O)cc1F. The predicted octanol–water partition coefficient (Wildman–Crippen LogP) is 4.11. The quantitative estimate of drug-likeness (QED) is 0.739. The first-order valence-corrected chi connectivity index (χ1v) is 6.82. The van der Waals surface area contributed by atoms with Gasteiger partial charge in [0, 0.05) is 33.8 Å². The average Bonchev–Trinajstić information content (AvgIpc) is 2.84. The summed E-state index contributed by atoms with van der Waals surface area (Å²) in [7, 11) is 0. The number of nitrogens with zero attached hydrogens (tertiary/aromatic N) is 1. The van der Waals surface area contributed by atoms with Gasteiger partial charge in [-0.2, -0.15) is 0 Å². The van der Waals surface area contributed by atoms with E-state index in [9.17, 15) is 14.1 Å². The van der Waals surface area contributed by atoms with E-state index >= 15 is 0 Å². The highest BCUT2D eigenvalue weighted by molar-refractivity contribution is 5.94. The molecule has 0 aliphatic carbocycles. The fraction of sp³-hybridized carbons (Fsp3) is 0.118. The third-order valence-electron chi connectivity index (χ3n) is 3.78. The molecular weight excluding hydrogens is 283 g/mol. The van der Waals surface area contributed by atoms with E-state index in [1.165, 1.54) is 12.1 Å². The van der Waals surface area contributed by atoms with Crippen molar-refractivity contribution in [2.75, 3.05) is 0 Å². The zero-order chi connectivity index (χ0) is 15.7. The van der Waals surface area contributed by atoms with E-state index in [4.69, 9.17) is 0 Å². The number of nitroso groups, excluding NO2 is 1. The summed E-state index contributed by atoms with van der Waals surface area (Å²) >= 11 is 0. The third-order valence-corrected chi connectivity index (χ3v) is 3.78. The van der Waals surface area contributed by atoms with E-state index in [-0.39, 0.29) is 5.56 Å². The summed E-state index contributed by atoms with van der Waals surface area (Å²) < 4.78 is 14.2. The van der Waals surface area contributed by atoms with Crippen LogP contribution in [0, 0.1) is 17.6 Å². The predicted molar refractivity (Wildman–Crippen MR) is 82.4 cm³/mol. The molecule has 110 valence electrons. The van der Waals surface area contributed by atoms with Crippen LogP contribution in [0.15, 0.2) is 47.6 Å². The van der Waals surface area contributed by atoms with Crippen LogP contribution >= 0.6 is 0 Å². The van der Waals surface area contributed by atoms with E-state index in [0.717, 1.165) is 28.2 Å². The van der Waals surface area contributed by atoms with Crippen LogP contribution in [0.2, 0.25) is 0 Å². The molecular formula is C17H13FN2O2. The summed E-state index contributed by atoms with van der Waals surface area (Å²) in [5, 5.41) is 3.35. The number of halogens is 1. The van der Waals surface area contributed by atoms with Gasteiger partial charge in [-0.15, -0.1) is 4.91 Å². The highest BCUT2D eigenvalue weighted by Crippen LogP contribution is 2.25. The van der Waals surface area contributed by atoms with Gasteiger partial charge in [-0.3, -0.25) is 4.79 Å². The van der Waals surface area contributed by atoms with Gasteiger partial charge >= 0.3 is 5.91 Å². The molecule has 2 aromatic carbocycles. The van der Waals surface area contributed by atoms with Gasteiger partial charge in [0.15, 0.2) is 0 Å². The maximum atomic E-state index is 14.2. The van der Waals surface area contributed by atoms with Gasteiger partial charge in [0.25, 0.3) is 0 Å². The molecule has 0 saturated heterocycles. The van der Waals surface area contributed by atoms with Crippen molar-refractivity contribution in [3.05, 3.63) is 75.6 Å². The van der Waals surface area contributed by atoms with E-state index in [1.807, 2.05) is 31.2 Å². The van der Waals surface area contributed by atoms with Gasteiger partial charge in [-0.25, -0.2) is 4.39 Å². The topological polar surface area (TPSA) is 62.3 Å². The lowest BCUT2D eigenvalue weighted by Gasteiger charge is -2.05. The number of rotatable bonds is 3. The molecule has 0 radical (unpaired) electrons. The lowest BCUT2D eigenvalue weighted by Crippen LogP contribution is -1.99. The smallest absolute Gasteiger partial charge is 0.316 e. The van der Waals surface area contributed by atoms with Crippen molar-refractivity contribution in [1.29, 1.82) is 0 Å². The minimum Gasteiger partial charge on any atom is -0.358 e.